The number of nitrogens with zero attached hydrogens (tertiary/aromatic N) is 2. The molecule has 0 unspecified atom stereocenters. The second-order valence-corrected chi connectivity index (χ2v) is 7.59. The van der Waals surface area contributed by atoms with E-state index in [0.717, 1.165) is 29.3 Å². The van der Waals surface area contributed by atoms with Crippen LogP contribution in [0.2, 0.25) is 0 Å². The highest BCUT2D eigenvalue weighted by Gasteiger charge is 2.23. The first-order valence-electron chi connectivity index (χ1n) is 7.97. The summed E-state index contributed by atoms with van der Waals surface area (Å²) >= 11 is 1.73. The highest BCUT2D eigenvalue weighted by atomic mass is 127. The summed E-state index contributed by atoms with van der Waals surface area (Å²) in [5.74, 6) is 2.63. The van der Waals surface area contributed by atoms with Crippen LogP contribution in [0.5, 0.6) is 0 Å². The number of guanidine groups is 1. The molecule has 0 spiro atoms. The van der Waals surface area contributed by atoms with E-state index in [2.05, 4.69) is 34.5 Å². The van der Waals surface area contributed by atoms with Crippen LogP contribution in [0.3, 0.4) is 0 Å². The molecule has 126 valence electrons. The second-order valence-electron chi connectivity index (χ2n) is 6.27. The number of rotatable bonds is 4. The quantitative estimate of drug-likeness (QED) is 0.427. The fraction of sp³-hybridized carbons (Fsp3) is 0.750. The number of aryl methyl sites for hydroxylation is 1. The van der Waals surface area contributed by atoms with Crippen molar-refractivity contribution >= 4 is 41.3 Å². The van der Waals surface area contributed by atoms with E-state index in [9.17, 15) is 0 Å². The maximum atomic E-state index is 4.34. The normalized spacial score (nSPS) is 22.3. The van der Waals surface area contributed by atoms with Gasteiger partial charge in [-0.2, -0.15) is 0 Å². The Morgan fingerprint density at radius 1 is 1.36 bits per heavy atom. The average molecular weight is 436 g/mol. The van der Waals surface area contributed by atoms with E-state index in [1.807, 2.05) is 20.2 Å². The summed E-state index contributed by atoms with van der Waals surface area (Å²) in [5, 5.41) is 8.07. The lowest BCUT2D eigenvalue weighted by Gasteiger charge is -2.32. The van der Waals surface area contributed by atoms with E-state index in [4.69, 9.17) is 0 Å². The first-order valence-corrected chi connectivity index (χ1v) is 8.78. The lowest BCUT2D eigenvalue weighted by Crippen LogP contribution is -2.44. The largest absolute Gasteiger partial charge is 0.354 e. The van der Waals surface area contributed by atoms with Crippen LogP contribution < -0.4 is 10.6 Å². The van der Waals surface area contributed by atoms with Crippen molar-refractivity contribution in [2.24, 2.45) is 16.8 Å². The van der Waals surface area contributed by atoms with Crippen LogP contribution in [0, 0.1) is 18.8 Å². The summed E-state index contributed by atoms with van der Waals surface area (Å²) in [7, 11) is 1.84. The molecule has 0 saturated heterocycles. The molecule has 1 heterocycles. The third-order valence-corrected chi connectivity index (χ3v) is 5.29. The molecule has 1 aromatic rings. The molecule has 1 aliphatic rings. The van der Waals surface area contributed by atoms with Gasteiger partial charge in [0.1, 0.15) is 0 Å². The first kappa shape index (κ1) is 19.7. The van der Waals surface area contributed by atoms with Gasteiger partial charge >= 0.3 is 0 Å². The topological polar surface area (TPSA) is 49.3 Å². The van der Waals surface area contributed by atoms with Crippen LogP contribution in [0.1, 0.15) is 49.4 Å². The Kier molecular flexibility index (Phi) is 8.67. The van der Waals surface area contributed by atoms with Crippen LogP contribution in [0.25, 0.3) is 0 Å². The van der Waals surface area contributed by atoms with Crippen molar-refractivity contribution in [1.29, 1.82) is 0 Å². The Morgan fingerprint density at radius 2 is 2.05 bits per heavy atom. The van der Waals surface area contributed by atoms with Crippen molar-refractivity contribution < 1.29 is 0 Å². The maximum absolute atomic E-state index is 4.34. The maximum Gasteiger partial charge on any atom is 0.191 e. The smallest absolute Gasteiger partial charge is 0.191 e. The first-order chi connectivity index (χ1) is 10.1. The molecule has 0 amide bonds. The van der Waals surface area contributed by atoms with E-state index in [0.29, 0.717) is 6.04 Å². The summed E-state index contributed by atoms with van der Waals surface area (Å²) in [6.07, 6.45) is 7.11. The van der Waals surface area contributed by atoms with Gasteiger partial charge in [0.15, 0.2) is 5.96 Å². The SMILES string of the molecule is CN=C(NCc1cnc(C)s1)NC1CCC(C(C)C)CC1.I. The van der Waals surface area contributed by atoms with Crippen LogP contribution >= 0.6 is 35.3 Å². The van der Waals surface area contributed by atoms with Gasteiger partial charge in [0.25, 0.3) is 0 Å². The van der Waals surface area contributed by atoms with Crippen molar-refractivity contribution in [2.45, 2.75) is 59.0 Å². The minimum Gasteiger partial charge on any atom is -0.354 e. The molecule has 1 saturated carbocycles. The zero-order valence-corrected chi connectivity index (χ0v) is 17.2. The zero-order valence-electron chi connectivity index (χ0n) is 14.1. The molecule has 0 aromatic carbocycles. The summed E-state index contributed by atoms with van der Waals surface area (Å²) < 4.78 is 0. The molecular formula is C16H29IN4S. The van der Waals surface area contributed by atoms with Gasteiger partial charge in [-0.3, -0.25) is 4.99 Å². The highest BCUT2D eigenvalue weighted by Crippen LogP contribution is 2.29. The molecule has 2 N–H and O–H groups in total. The summed E-state index contributed by atoms with van der Waals surface area (Å²) in [6.45, 7) is 7.52. The Morgan fingerprint density at radius 3 is 2.55 bits per heavy atom. The third-order valence-electron chi connectivity index (χ3n) is 4.38. The lowest BCUT2D eigenvalue weighted by molar-refractivity contribution is 0.250. The molecule has 4 nitrogen and oxygen atoms in total. The molecule has 1 aliphatic carbocycles. The Bertz CT molecular complexity index is 464. The van der Waals surface area contributed by atoms with Gasteiger partial charge < -0.3 is 10.6 Å². The molecule has 1 aromatic heterocycles. The number of aliphatic imine (C=N–C) groups is 1. The van der Waals surface area contributed by atoms with Crippen LogP contribution in [-0.2, 0) is 6.54 Å². The number of nitrogens with one attached hydrogen (secondary N) is 2. The predicted octanol–water partition coefficient (Wildman–Crippen LogP) is 3.95. The van der Waals surface area contributed by atoms with Crippen molar-refractivity contribution in [3.8, 4) is 0 Å². The van der Waals surface area contributed by atoms with Gasteiger partial charge in [0, 0.05) is 24.2 Å². The Balaban J connectivity index is 0.00000242. The average Bonchev–Trinajstić information content (AvgIpc) is 2.89. The molecular weight excluding hydrogens is 407 g/mol. The van der Waals surface area contributed by atoms with E-state index >= 15 is 0 Å². The standard InChI is InChI=1S/C16H28N4S.HI/c1-11(2)13-5-7-14(8-6-13)20-16(17-4)19-10-15-9-18-12(3)21-15;/h9,11,13-14H,5-8,10H2,1-4H3,(H2,17,19,20);1H. The number of thiazole rings is 1. The number of aromatic nitrogens is 1. The van der Waals surface area contributed by atoms with E-state index in [1.165, 1.54) is 30.6 Å². The molecule has 1 fully saturated rings. The molecule has 0 atom stereocenters. The van der Waals surface area contributed by atoms with Crippen molar-refractivity contribution in [3.63, 3.8) is 0 Å². The number of halogens is 1. The minimum atomic E-state index is 0. The fourth-order valence-electron chi connectivity index (χ4n) is 2.98. The van der Waals surface area contributed by atoms with Gasteiger partial charge in [0.2, 0.25) is 0 Å². The van der Waals surface area contributed by atoms with Crippen molar-refractivity contribution in [2.75, 3.05) is 7.05 Å². The van der Waals surface area contributed by atoms with E-state index in [1.54, 1.807) is 11.3 Å². The number of hydrogen-bond donors (Lipinski definition) is 2. The Labute approximate surface area is 155 Å². The molecule has 2 rings (SSSR count). The molecule has 6 heteroatoms. The third kappa shape index (κ3) is 6.02. The number of hydrogen-bond acceptors (Lipinski definition) is 3. The summed E-state index contributed by atoms with van der Waals surface area (Å²) in [5.41, 5.74) is 0. The minimum absolute atomic E-state index is 0. The van der Waals surface area contributed by atoms with Gasteiger partial charge in [-0.15, -0.1) is 35.3 Å². The molecule has 0 aliphatic heterocycles. The van der Waals surface area contributed by atoms with Gasteiger partial charge in [-0.1, -0.05) is 13.8 Å². The monoisotopic (exact) mass is 436 g/mol. The summed E-state index contributed by atoms with van der Waals surface area (Å²) in [4.78, 5) is 9.86. The van der Waals surface area contributed by atoms with E-state index < -0.39 is 0 Å². The fourth-order valence-corrected chi connectivity index (χ4v) is 3.71. The van der Waals surface area contributed by atoms with Crippen LogP contribution in [-0.4, -0.2) is 24.0 Å². The Hall–Kier alpha value is -0.370. The highest BCUT2D eigenvalue weighted by molar-refractivity contribution is 14.0. The molecule has 0 bridgehead atoms. The van der Waals surface area contributed by atoms with E-state index in [-0.39, 0.29) is 24.0 Å². The molecule has 0 radical (unpaired) electrons. The van der Waals surface area contributed by atoms with Gasteiger partial charge in [0.05, 0.1) is 11.6 Å². The predicted molar refractivity (Wildman–Crippen MR) is 106 cm³/mol. The molecule has 22 heavy (non-hydrogen) atoms. The van der Waals surface area contributed by atoms with Gasteiger partial charge in [-0.25, -0.2) is 4.98 Å². The van der Waals surface area contributed by atoms with Gasteiger partial charge in [-0.05, 0) is 44.4 Å². The van der Waals surface area contributed by atoms with Crippen molar-refractivity contribution in [3.05, 3.63) is 16.1 Å². The summed E-state index contributed by atoms with van der Waals surface area (Å²) in [6, 6.07) is 0.564. The second kappa shape index (κ2) is 9.70. The van der Waals surface area contributed by atoms with Crippen LogP contribution in [0.15, 0.2) is 11.2 Å². The van der Waals surface area contributed by atoms with Crippen LogP contribution in [0.4, 0.5) is 0 Å². The zero-order chi connectivity index (χ0) is 15.2. The lowest BCUT2D eigenvalue weighted by atomic mass is 9.80. The van der Waals surface area contributed by atoms with Crippen molar-refractivity contribution in [1.82, 2.24) is 15.6 Å².